The van der Waals surface area contributed by atoms with Crippen molar-refractivity contribution in [3.8, 4) is 0 Å². The predicted molar refractivity (Wildman–Crippen MR) is 72.2 cm³/mol. The number of hydrogen-bond acceptors (Lipinski definition) is 2. The summed E-state index contributed by atoms with van der Waals surface area (Å²) in [4.78, 5) is 0. The molecule has 1 heterocycles. The zero-order valence-electron chi connectivity index (χ0n) is 12.0. The molecular formula is C15H29NO. The molecule has 1 N–H and O–H groups in total. The second-order valence-electron chi connectivity index (χ2n) is 7.02. The van der Waals surface area contributed by atoms with Crippen LogP contribution in [0.1, 0.15) is 59.8 Å². The Morgan fingerprint density at radius 3 is 2.41 bits per heavy atom. The molecule has 2 rings (SSSR count). The van der Waals surface area contributed by atoms with Crippen molar-refractivity contribution < 1.29 is 4.74 Å². The van der Waals surface area contributed by atoms with Crippen molar-refractivity contribution in [3.05, 3.63) is 0 Å². The summed E-state index contributed by atoms with van der Waals surface area (Å²) in [7, 11) is 0. The number of morpholine rings is 1. The van der Waals surface area contributed by atoms with Crippen LogP contribution in [0, 0.1) is 11.3 Å². The molecule has 0 aromatic carbocycles. The van der Waals surface area contributed by atoms with Gasteiger partial charge in [-0.2, -0.15) is 0 Å². The van der Waals surface area contributed by atoms with E-state index in [1.807, 2.05) is 0 Å². The minimum absolute atomic E-state index is 0.127. The third kappa shape index (κ3) is 2.68. The molecule has 100 valence electrons. The fourth-order valence-corrected chi connectivity index (χ4v) is 3.83. The van der Waals surface area contributed by atoms with Crippen LogP contribution in [0.15, 0.2) is 0 Å². The average Bonchev–Trinajstić information content (AvgIpc) is 2.29. The highest BCUT2D eigenvalue weighted by atomic mass is 16.5. The van der Waals surface area contributed by atoms with E-state index in [4.69, 9.17) is 4.74 Å². The molecular weight excluding hydrogens is 210 g/mol. The predicted octanol–water partition coefficient (Wildman–Crippen LogP) is 3.36. The zero-order chi connectivity index (χ0) is 12.5. The molecule has 1 unspecified atom stereocenters. The Hall–Kier alpha value is -0.0800. The van der Waals surface area contributed by atoms with Gasteiger partial charge in [-0.3, -0.25) is 0 Å². The number of ether oxygens (including phenoxy) is 1. The molecule has 2 fully saturated rings. The maximum atomic E-state index is 6.28. The Kier molecular flexibility index (Phi) is 3.84. The van der Waals surface area contributed by atoms with Crippen molar-refractivity contribution in [2.24, 2.45) is 11.3 Å². The second kappa shape index (κ2) is 4.89. The van der Waals surface area contributed by atoms with Gasteiger partial charge in [0.15, 0.2) is 0 Å². The van der Waals surface area contributed by atoms with Gasteiger partial charge in [0.25, 0.3) is 0 Å². The maximum absolute atomic E-state index is 6.28. The maximum Gasteiger partial charge on any atom is 0.0840 e. The molecule has 1 saturated heterocycles. The van der Waals surface area contributed by atoms with Gasteiger partial charge in [0.2, 0.25) is 0 Å². The quantitative estimate of drug-likeness (QED) is 0.757. The van der Waals surface area contributed by atoms with Crippen molar-refractivity contribution in [3.63, 3.8) is 0 Å². The molecule has 0 radical (unpaired) electrons. The zero-order valence-corrected chi connectivity index (χ0v) is 12.0. The standard InChI is InChI=1S/C15H29NO/c1-5-12-6-8-15(9-7-12)13(14(2,3)4)16-10-11-17-15/h12-13,16H,5-11H2,1-4H3. The van der Waals surface area contributed by atoms with Gasteiger partial charge in [0.05, 0.1) is 12.2 Å². The van der Waals surface area contributed by atoms with Gasteiger partial charge in [-0.1, -0.05) is 34.1 Å². The van der Waals surface area contributed by atoms with E-state index in [-0.39, 0.29) is 5.60 Å². The molecule has 2 nitrogen and oxygen atoms in total. The Labute approximate surface area is 107 Å². The fraction of sp³-hybridized carbons (Fsp3) is 1.00. The third-order valence-corrected chi connectivity index (χ3v) is 4.76. The highest BCUT2D eigenvalue weighted by molar-refractivity contribution is 5.03. The summed E-state index contributed by atoms with van der Waals surface area (Å²) in [6.07, 6.45) is 6.54. The molecule has 2 aliphatic rings. The second-order valence-corrected chi connectivity index (χ2v) is 7.02. The Bertz CT molecular complexity index is 248. The van der Waals surface area contributed by atoms with Crippen LogP contribution in [0.25, 0.3) is 0 Å². The first-order chi connectivity index (χ1) is 7.98. The summed E-state index contributed by atoms with van der Waals surface area (Å²) in [5.74, 6) is 0.937. The molecule has 1 aliphatic heterocycles. The molecule has 0 bridgehead atoms. The van der Waals surface area contributed by atoms with Crippen molar-refractivity contribution in [1.29, 1.82) is 0 Å². The minimum atomic E-state index is 0.127. The van der Waals surface area contributed by atoms with Crippen LogP contribution >= 0.6 is 0 Å². The lowest BCUT2D eigenvalue weighted by atomic mass is 9.66. The summed E-state index contributed by atoms with van der Waals surface area (Å²) in [6, 6.07) is 0.515. The highest BCUT2D eigenvalue weighted by Gasteiger charge is 2.48. The number of rotatable bonds is 1. The lowest BCUT2D eigenvalue weighted by Gasteiger charge is -2.53. The molecule has 0 amide bonds. The Morgan fingerprint density at radius 2 is 1.88 bits per heavy atom. The van der Waals surface area contributed by atoms with E-state index in [1.165, 1.54) is 32.1 Å². The third-order valence-electron chi connectivity index (χ3n) is 4.76. The van der Waals surface area contributed by atoms with Crippen molar-refractivity contribution in [1.82, 2.24) is 5.32 Å². The van der Waals surface area contributed by atoms with Gasteiger partial charge in [0.1, 0.15) is 0 Å². The van der Waals surface area contributed by atoms with E-state index >= 15 is 0 Å². The molecule has 1 spiro atoms. The van der Waals surface area contributed by atoms with Gasteiger partial charge < -0.3 is 10.1 Å². The summed E-state index contributed by atoms with van der Waals surface area (Å²) in [5.41, 5.74) is 0.418. The minimum Gasteiger partial charge on any atom is -0.372 e. The van der Waals surface area contributed by atoms with E-state index in [1.54, 1.807) is 0 Å². The molecule has 17 heavy (non-hydrogen) atoms. The smallest absolute Gasteiger partial charge is 0.0840 e. The molecule has 0 aromatic rings. The van der Waals surface area contributed by atoms with Crippen molar-refractivity contribution in [2.45, 2.75) is 71.4 Å². The fourth-order valence-electron chi connectivity index (χ4n) is 3.83. The van der Waals surface area contributed by atoms with Gasteiger partial charge in [-0.15, -0.1) is 0 Å². The van der Waals surface area contributed by atoms with Crippen LogP contribution in [0.2, 0.25) is 0 Å². The molecule has 1 aliphatic carbocycles. The first-order valence-electron chi connectivity index (χ1n) is 7.35. The molecule has 1 saturated carbocycles. The largest absolute Gasteiger partial charge is 0.372 e. The van der Waals surface area contributed by atoms with Crippen molar-refractivity contribution in [2.75, 3.05) is 13.2 Å². The van der Waals surface area contributed by atoms with Gasteiger partial charge >= 0.3 is 0 Å². The van der Waals surface area contributed by atoms with Gasteiger partial charge in [0, 0.05) is 12.6 Å². The first kappa shape index (κ1) is 13.4. The van der Waals surface area contributed by atoms with E-state index in [0.717, 1.165) is 19.1 Å². The topological polar surface area (TPSA) is 21.3 Å². The molecule has 2 heteroatoms. The Balaban J connectivity index is 2.11. The molecule has 0 aromatic heterocycles. The monoisotopic (exact) mass is 239 g/mol. The average molecular weight is 239 g/mol. The van der Waals surface area contributed by atoms with Crippen LogP contribution in [-0.4, -0.2) is 24.8 Å². The summed E-state index contributed by atoms with van der Waals surface area (Å²) < 4.78 is 6.28. The van der Waals surface area contributed by atoms with E-state index in [2.05, 4.69) is 33.0 Å². The van der Waals surface area contributed by atoms with E-state index in [9.17, 15) is 0 Å². The first-order valence-corrected chi connectivity index (χ1v) is 7.35. The van der Waals surface area contributed by atoms with Crippen LogP contribution in [-0.2, 0) is 4.74 Å². The molecule has 1 atom stereocenters. The van der Waals surface area contributed by atoms with Crippen LogP contribution in [0.5, 0.6) is 0 Å². The summed E-state index contributed by atoms with van der Waals surface area (Å²) in [5, 5.41) is 3.73. The summed E-state index contributed by atoms with van der Waals surface area (Å²) >= 11 is 0. The van der Waals surface area contributed by atoms with Crippen molar-refractivity contribution >= 4 is 0 Å². The Morgan fingerprint density at radius 1 is 1.24 bits per heavy atom. The van der Waals surface area contributed by atoms with Gasteiger partial charge in [-0.25, -0.2) is 0 Å². The van der Waals surface area contributed by atoms with Gasteiger partial charge in [-0.05, 0) is 37.0 Å². The SMILES string of the molecule is CCC1CCC2(CC1)OCCNC2C(C)(C)C. The lowest BCUT2D eigenvalue weighted by Crippen LogP contribution is -2.64. The van der Waals surface area contributed by atoms with Crippen LogP contribution in [0.4, 0.5) is 0 Å². The van der Waals surface area contributed by atoms with Crippen LogP contribution in [0.3, 0.4) is 0 Å². The lowest BCUT2D eigenvalue weighted by molar-refractivity contribution is -0.145. The summed E-state index contributed by atoms with van der Waals surface area (Å²) in [6.45, 7) is 11.3. The highest BCUT2D eigenvalue weighted by Crippen LogP contribution is 2.44. The number of hydrogen-bond donors (Lipinski definition) is 1. The van der Waals surface area contributed by atoms with E-state index in [0.29, 0.717) is 11.5 Å². The van der Waals surface area contributed by atoms with E-state index < -0.39 is 0 Å². The van der Waals surface area contributed by atoms with Crippen LogP contribution < -0.4 is 5.32 Å². The normalized spacial score (nSPS) is 39.5. The number of nitrogens with one attached hydrogen (secondary N) is 1.